The minimum Gasteiger partial charge on any atom is -0.425 e. The molecular formula is C14H20N3O4P. The molecule has 8 heteroatoms. The monoisotopic (exact) mass is 325 g/mol. The van der Waals surface area contributed by atoms with Crippen molar-refractivity contribution < 1.29 is 13.8 Å². The molecule has 120 valence electrons. The highest BCUT2D eigenvalue weighted by atomic mass is 31.2. The number of nitrogens with zero attached hydrogens (tertiary/aromatic N) is 3. The van der Waals surface area contributed by atoms with Crippen molar-refractivity contribution in [1.82, 2.24) is 14.0 Å². The second kappa shape index (κ2) is 5.56. The highest BCUT2D eigenvalue weighted by molar-refractivity contribution is 7.57. The first kappa shape index (κ1) is 15.3. The maximum Gasteiger partial charge on any atom is 0.278 e. The van der Waals surface area contributed by atoms with Gasteiger partial charge in [-0.1, -0.05) is 0 Å². The van der Waals surface area contributed by atoms with E-state index < -0.39 is 7.37 Å². The van der Waals surface area contributed by atoms with Gasteiger partial charge in [0.15, 0.2) is 0 Å². The van der Waals surface area contributed by atoms with Crippen LogP contribution in [-0.2, 0) is 16.3 Å². The Morgan fingerprint density at radius 1 is 1.36 bits per heavy atom. The molecule has 7 nitrogen and oxygen atoms in total. The molecule has 1 aliphatic rings. The smallest absolute Gasteiger partial charge is 0.278 e. The lowest BCUT2D eigenvalue weighted by Gasteiger charge is -2.21. The van der Waals surface area contributed by atoms with E-state index in [-0.39, 0.29) is 17.4 Å². The third-order valence-corrected chi connectivity index (χ3v) is 4.45. The van der Waals surface area contributed by atoms with Crippen LogP contribution in [-0.4, -0.2) is 40.5 Å². The van der Waals surface area contributed by atoms with Crippen LogP contribution in [0.1, 0.15) is 24.6 Å². The molecule has 2 aromatic rings. The fourth-order valence-corrected chi connectivity index (χ4v) is 3.33. The highest BCUT2D eigenvalue weighted by Gasteiger charge is 2.23. The summed E-state index contributed by atoms with van der Waals surface area (Å²) in [6, 6.07) is 0. The molecule has 0 N–H and O–H groups in total. The van der Waals surface area contributed by atoms with Crippen molar-refractivity contribution in [3.8, 4) is 5.88 Å². The normalized spacial score (nSPS) is 17.0. The van der Waals surface area contributed by atoms with E-state index in [0.29, 0.717) is 18.7 Å². The summed E-state index contributed by atoms with van der Waals surface area (Å²) in [5.74, 6) is 1.38. The van der Waals surface area contributed by atoms with E-state index in [4.69, 9.17) is 9.26 Å². The van der Waals surface area contributed by atoms with Crippen molar-refractivity contribution in [3.63, 3.8) is 0 Å². The summed E-state index contributed by atoms with van der Waals surface area (Å²) in [6.45, 7) is 4.45. The summed E-state index contributed by atoms with van der Waals surface area (Å²) in [6.07, 6.45) is 5.05. The third kappa shape index (κ3) is 2.83. The molecule has 0 radical (unpaired) electrons. The summed E-state index contributed by atoms with van der Waals surface area (Å²) in [5, 5.41) is 0. The summed E-state index contributed by atoms with van der Waals surface area (Å²) < 4.78 is 25.9. The van der Waals surface area contributed by atoms with Gasteiger partial charge in [-0.25, -0.2) is 4.98 Å². The number of aromatic nitrogens is 3. The van der Waals surface area contributed by atoms with Gasteiger partial charge >= 0.3 is 0 Å². The number of ether oxygens (including phenoxy) is 1. The predicted octanol–water partition coefficient (Wildman–Crippen LogP) is 1.84. The van der Waals surface area contributed by atoms with Crippen LogP contribution < -0.4 is 10.1 Å². The Balaban J connectivity index is 2.13. The van der Waals surface area contributed by atoms with Crippen LogP contribution in [0.15, 0.2) is 17.2 Å². The van der Waals surface area contributed by atoms with Gasteiger partial charge in [0.1, 0.15) is 11.3 Å². The number of imidazole rings is 1. The van der Waals surface area contributed by atoms with Gasteiger partial charge in [0, 0.05) is 39.5 Å². The molecule has 0 aliphatic carbocycles. The average Bonchev–Trinajstić information content (AvgIpc) is 2.88. The number of fused-ring (bicyclic) bond motifs is 1. The number of hydrogen-bond donors (Lipinski definition) is 0. The predicted molar refractivity (Wildman–Crippen MR) is 83.3 cm³/mol. The van der Waals surface area contributed by atoms with Gasteiger partial charge in [0.25, 0.3) is 5.56 Å². The number of rotatable bonds is 3. The van der Waals surface area contributed by atoms with E-state index in [1.165, 1.54) is 17.9 Å². The Morgan fingerprint density at radius 3 is 2.68 bits per heavy atom. The Kier molecular flexibility index (Phi) is 3.87. The molecule has 0 spiro atoms. The second-order valence-electron chi connectivity index (χ2n) is 5.93. The zero-order valence-corrected chi connectivity index (χ0v) is 13.9. The van der Waals surface area contributed by atoms with Gasteiger partial charge < -0.3 is 9.26 Å². The quantitative estimate of drug-likeness (QED) is 0.805. The van der Waals surface area contributed by atoms with Crippen molar-refractivity contribution in [3.05, 3.63) is 28.6 Å². The van der Waals surface area contributed by atoms with Crippen LogP contribution in [0.25, 0.3) is 5.52 Å². The lowest BCUT2D eigenvalue weighted by Crippen LogP contribution is -2.22. The Morgan fingerprint density at radius 2 is 2.05 bits per heavy atom. The molecule has 0 atom stereocenters. The Bertz CT molecular complexity index is 798. The first-order valence-corrected chi connectivity index (χ1v) is 9.78. The maximum absolute atomic E-state index is 12.4. The van der Waals surface area contributed by atoms with E-state index in [0.717, 1.165) is 18.7 Å². The van der Waals surface area contributed by atoms with Crippen LogP contribution in [0.5, 0.6) is 5.88 Å². The summed E-state index contributed by atoms with van der Waals surface area (Å²) in [4.78, 5) is 16.9. The topological polar surface area (TPSA) is 74.8 Å². The fourth-order valence-electron chi connectivity index (χ4n) is 2.71. The SMILES string of the molecule is Cn1c(OP(C)(C)=O)cn2c(C3CCOCC3)ncc2c1=O. The molecular weight excluding hydrogens is 305 g/mol. The van der Waals surface area contributed by atoms with Crippen molar-refractivity contribution in [2.24, 2.45) is 7.05 Å². The molecule has 1 aliphatic heterocycles. The maximum atomic E-state index is 12.4. The van der Waals surface area contributed by atoms with Crippen molar-refractivity contribution in [2.45, 2.75) is 18.8 Å². The molecule has 2 aromatic heterocycles. The van der Waals surface area contributed by atoms with Crippen molar-refractivity contribution in [1.29, 1.82) is 0 Å². The third-order valence-electron chi connectivity index (χ3n) is 3.82. The van der Waals surface area contributed by atoms with Crippen LogP contribution in [0.2, 0.25) is 0 Å². The van der Waals surface area contributed by atoms with Crippen LogP contribution in [0, 0.1) is 0 Å². The van der Waals surface area contributed by atoms with Crippen molar-refractivity contribution in [2.75, 3.05) is 26.5 Å². The van der Waals surface area contributed by atoms with Gasteiger partial charge in [-0.15, -0.1) is 0 Å². The number of hydrogen-bond acceptors (Lipinski definition) is 5. The van der Waals surface area contributed by atoms with Crippen LogP contribution in [0.3, 0.4) is 0 Å². The van der Waals surface area contributed by atoms with Gasteiger partial charge in [-0.2, -0.15) is 0 Å². The lowest BCUT2D eigenvalue weighted by molar-refractivity contribution is 0.0835. The molecule has 3 heterocycles. The van der Waals surface area contributed by atoms with Crippen LogP contribution in [0.4, 0.5) is 0 Å². The highest BCUT2D eigenvalue weighted by Crippen LogP contribution is 2.38. The summed E-state index contributed by atoms with van der Waals surface area (Å²) >= 11 is 0. The Labute approximate surface area is 128 Å². The molecule has 0 unspecified atom stereocenters. The minimum absolute atomic E-state index is 0.211. The summed E-state index contributed by atoms with van der Waals surface area (Å²) in [5.41, 5.74) is 0.287. The van der Waals surface area contributed by atoms with Gasteiger partial charge in [-0.3, -0.25) is 18.3 Å². The zero-order chi connectivity index (χ0) is 15.9. The second-order valence-corrected chi connectivity index (χ2v) is 8.62. The van der Waals surface area contributed by atoms with Gasteiger partial charge in [0.05, 0.1) is 12.4 Å². The Hall–Kier alpha value is -1.59. The van der Waals surface area contributed by atoms with E-state index >= 15 is 0 Å². The van der Waals surface area contributed by atoms with E-state index in [2.05, 4.69) is 4.98 Å². The molecule has 3 rings (SSSR count). The largest absolute Gasteiger partial charge is 0.425 e. The van der Waals surface area contributed by atoms with Crippen LogP contribution >= 0.6 is 7.37 Å². The van der Waals surface area contributed by atoms with Crippen molar-refractivity contribution >= 4 is 12.9 Å². The first-order valence-electron chi connectivity index (χ1n) is 7.26. The van der Waals surface area contributed by atoms with Gasteiger partial charge in [0.2, 0.25) is 13.2 Å². The van der Waals surface area contributed by atoms with E-state index in [9.17, 15) is 9.36 Å². The molecule has 0 aromatic carbocycles. The zero-order valence-electron chi connectivity index (χ0n) is 13.0. The molecule has 0 saturated carbocycles. The van der Waals surface area contributed by atoms with E-state index in [1.807, 2.05) is 0 Å². The lowest BCUT2D eigenvalue weighted by atomic mass is 10.00. The molecule has 0 amide bonds. The summed E-state index contributed by atoms with van der Waals surface area (Å²) in [7, 11) is -1.15. The average molecular weight is 325 g/mol. The minimum atomic E-state index is -2.75. The molecule has 22 heavy (non-hydrogen) atoms. The molecule has 1 fully saturated rings. The van der Waals surface area contributed by atoms with E-state index in [1.54, 1.807) is 23.8 Å². The van der Waals surface area contributed by atoms with Gasteiger partial charge in [-0.05, 0) is 12.8 Å². The fraction of sp³-hybridized carbons (Fsp3) is 0.571. The standard InChI is InChI=1S/C14H20N3O4P/c1-16-12(21-22(2,3)19)9-17-11(14(16)18)8-15-13(17)10-4-6-20-7-5-10/h8-10H,4-7H2,1-3H3. The molecule has 1 saturated heterocycles. The molecule has 0 bridgehead atoms. The first-order chi connectivity index (χ1) is 10.4.